The number of fused-ring (bicyclic) bond motifs is 6. The maximum Gasteiger partial charge on any atom is 0.0967 e. The highest BCUT2D eigenvalue weighted by Crippen LogP contribution is 2.34. The lowest BCUT2D eigenvalue weighted by Gasteiger charge is -2.13. The van der Waals surface area contributed by atoms with Gasteiger partial charge in [0.05, 0.1) is 23.5 Å². The Morgan fingerprint density at radius 3 is 2.42 bits per heavy atom. The topological polar surface area (TPSA) is 48.9 Å². The number of benzene rings is 4. The summed E-state index contributed by atoms with van der Waals surface area (Å²) in [5.41, 5.74) is 4.14. The lowest BCUT2D eigenvalue weighted by atomic mass is 9.95. The molecular weight excluding hydrogens is 320 g/mol. The molecule has 1 aromatic heterocycles. The van der Waals surface area contributed by atoms with Crippen LogP contribution in [0.5, 0.6) is 0 Å². The van der Waals surface area contributed by atoms with Crippen LogP contribution >= 0.6 is 0 Å². The van der Waals surface area contributed by atoms with E-state index in [9.17, 15) is 5.11 Å². The first kappa shape index (κ1) is 15.1. The van der Waals surface area contributed by atoms with Crippen LogP contribution < -0.4 is 0 Å². The van der Waals surface area contributed by atoms with Crippen molar-refractivity contribution in [3.63, 3.8) is 0 Å². The minimum Gasteiger partial charge on any atom is -0.388 e. The highest BCUT2D eigenvalue weighted by molar-refractivity contribution is 6.23. The smallest absolute Gasteiger partial charge is 0.0967 e. The Balaban J connectivity index is 1.67. The molecule has 0 aliphatic carbocycles. The second-order valence-electron chi connectivity index (χ2n) is 6.68. The number of aliphatic hydroxyl groups excluding tert-OH is 1. The highest BCUT2D eigenvalue weighted by atomic mass is 16.3. The minimum absolute atomic E-state index is 0.504. The van der Waals surface area contributed by atoms with Crippen molar-refractivity contribution in [2.75, 3.05) is 0 Å². The molecule has 0 aliphatic heterocycles. The number of imidazole rings is 1. The number of hydrogen-bond donors (Lipinski definition) is 2. The molecular formula is C23H18N2O. The van der Waals surface area contributed by atoms with Crippen LogP contribution in [-0.4, -0.2) is 15.1 Å². The van der Waals surface area contributed by atoms with Crippen molar-refractivity contribution in [2.45, 2.75) is 12.5 Å². The molecule has 2 N–H and O–H groups in total. The van der Waals surface area contributed by atoms with Crippen LogP contribution in [-0.2, 0) is 6.42 Å². The summed E-state index contributed by atoms with van der Waals surface area (Å²) in [6.45, 7) is 0. The van der Waals surface area contributed by atoms with E-state index >= 15 is 0 Å². The zero-order chi connectivity index (χ0) is 17.5. The quantitative estimate of drug-likeness (QED) is 0.447. The van der Waals surface area contributed by atoms with E-state index in [2.05, 4.69) is 46.4 Å². The van der Waals surface area contributed by atoms with Gasteiger partial charge >= 0.3 is 0 Å². The molecule has 3 heteroatoms. The molecule has 1 heterocycles. The summed E-state index contributed by atoms with van der Waals surface area (Å²) in [5, 5.41) is 15.3. The van der Waals surface area contributed by atoms with Gasteiger partial charge in [-0.3, -0.25) is 0 Å². The maximum absolute atomic E-state index is 10.6. The molecule has 0 saturated heterocycles. The Morgan fingerprint density at radius 1 is 0.808 bits per heavy atom. The summed E-state index contributed by atoms with van der Waals surface area (Å²) < 4.78 is 0. The third-order valence-corrected chi connectivity index (χ3v) is 5.08. The minimum atomic E-state index is -0.504. The van der Waals surface area contributed by atoms with E-state index in [-0.39, 0.29) is 0 Å². The number of hydrogen-bond acceptors (Lipinski definition) is 2. The van der Waals surface area contributed by atoms with Gasteiger partial charge in [0.25, 0.3) is 0 Å². The van der Waals surface area contributed by atoms with Gasteiger partial charge in [-0.15, -0.1) is 0 Å². The van der Waals surface area contributed by atoms with Gasteiger partial charge in [-0.25, -0.2) is 4.98 Å². The van der Waals surface area contributed by atoms with Crippen LogP contribution in [0.4, 0.5) is 0 Å². The van der Waals surface area contributed by atoms with Crippen molar-refractivity contribution in [1.82, 2.24) is 9.97 Å². The Kier molecular flexibility index (Phi) is 3.47. The van der Waals surface area contributed by atoms with Crippen LogP contribution in [0.25, 0.3) is 32.6 Å². The largest absolute Gasteiger partial charge is 0.388 e. The fourth-order valence-electron chi connectivity index (χ4n) is 3.80. The maximum atomic E-state index is 10.6. The van der Waals surface area contributed by atoms with Crippen LogP contribution in [0.1, 0.15) is 17.2 Å². The number of H-pyrrole nitrogens is 1. The monoisotopic (exact) mass is 338 g/mol. The van der Waals surface area contributed by atoms with E-state index < -0.39 is 6.10 Å². The number of aliphatic hydroxyl groups is 1. The van der Waals surface area contributed by atoms with Gasteiger partial charge in [0.15, 0.2) is 0 Å². The molecule has 4 aromatic carbocycles. The molecule has 5 rings (SSSR count). The molecule has 26 heavy (non-hydrogen) atoms. The van der Waals surface area contributed by atoms with Gasteiger partial charge in [0.2, 0.25) is 0 Å². The summed E-state index contributed by atoms with van der Waals surface area (Å²) >= 11 is 0. The van der Waals surface area contributed by atoms with E-state index in [1.54, 1.807) is 6.33 Å². The highest BCUT2D eigenvalue weighted by Gasteiger charge is 2.13. The third-order valence-electron chi connectivity index (χ3n) is 5.08. The normalized spacial score (nSPS) is 12.8. The van der Waals surface area contributed by atoms with E-state index in [1.165, 1.54) is 10.8 Å². The molecule has 1 atom stereocenters. The first-order chi connectivity index (χ1) is 12.8. The number of aromatic nitrogens is 2. The molecule has 0 radical (unpaired) electrons. The summed E-state index contributed by atoms with van der Waals surface area (Å²) in [4.78, 5) is 7.79. The Bertz CT molecular complexity index is 1220. The number of rotatable bonds is 3. The zero-order valence-corrected chi connectivity index (χ0v) is 14.2. The van der Waals surface area contributed by atoms with Crippen molar-refractivity contribution < 1.29 is 5.11 Å². The Morgan fingerprint density at radius 2 is 1.58 bits per heavy atom. The van der Waals surface area contributed by atoms with Crippen LogP contribution in [0.15, 0.2) is 79.1 Å². The molecule has 0 aliphatic rings. The summed E-state index contributed by atoms with van der Waals surface area (Å²) in [5.74, 6) is 0. The molecule has 1 unspecified atom stereocenters. The number of nitrogens with one attached hydrogen (secondary N) is 1. The molecule has 3 nitrogen and oxygen atoms in total. The predicted octanol–water partition coefficient (Wildman–Crippen LogP) is 5.15. The Labute approximate surface area is 150 Å². The van der Waals surface area contributed by atoms with Gasteiger partial charge < -0.3 is 10.1 Å². The zero-order valence-electron chi connectivity index (χ0n) is 14.2. The molecule has 0 bridgehead atoms. The van der Waals surface area contributed by atoms with E-state index in [1.807, 2.05) is 36.4 Å². The molecule has 0 amide bonds. The van der Waals surface area contributed by atoms with E-state index in [0.717, 1.165) is 32.9 Å². The predicted molar refractivity (Wildman–Crippen MR) is 106 cm³/mol. The molecule has 0 saturated carbocycles. The van der Waals surface area contributed by atoms with Crippen molar-refractivity contribution in [2.24, 2.45) is 0 Å². The lowest BCUT2D eigenvalue weighted by Crippen LogP contribution is -2.01. The van der Waals surface area contributed by atoms with Gasteiger partial charge in [0.1, 0.15) is 0 Å². The van der Waals surface area contributed by atoms with Gasteiger partial charge in [-0.1, -0.05) is 72.8 Å². The standard InChI is InChI=1S/C23H18N2O/c26-21(16-6-2-1-3-7-16)13-15-10-11-19-20(12-15)17-8-4-5-9-18(17)22-23(19)25-14-24-22/h1-12,14,21,26H,13H2,(H,24,25). The first-order valence-electron chi connectivity index (χ1n) is 8.81. The van der Waals surface area contributed by atoms with Crippen LogP contribution in [0.2, 0.25) is 0 Å². The Hall–Kier alpha value is -3.17. The first-order valence-corrected chi connectivity index (χ1v) is 8.81. The van der Waals surface area contributed by atoms with Crippen LogP contribution in [0, 0.1) is 0 Å². The van der Waals surface area contributed by atoms with E-state index in [0.29, 0.717) is 6.42 Å². The number of aromatic amines is 1. The van der Waals surface area contributed by atoms with E-state index in [4.69, 9.17) is 0 Å². The SMILES string of the molecule is OC(Cc1ccc2c(c1)c1ccccc1c1nc[nH]c21)c1ccccc1. The number of nitrogens with zero attached hydrogens (tertiary/aromatic N) is 1. The fraction of sp³-hybridized carbons (Fsp3) is 0.0870. The average Bonchev–Trinajstić information content (AvgIpc) is 3.19. The van der Waals surface area contributed by atoms with Gasteiger partial charge in [-0.2, -0.15) is 0 Å². The summed E-state index contributed by atoms with van der Waals surface area (Å²) in [7, 11) is 0. The second-order valence-corrected chi connectivity index (χ2v) is 6.68. The van der Waals surface area contributed by atoms with Crippen molar-refractivity contribution in [1.29, 1.82) is 0 Å². The molecule has 126 valence electrons. The molecule has 0 spiro atoms. The van der Waals surface area contributed by atoms with Gasteiger partial charge in [-0.05, 0) is 21.9 Å². The second kappa shape index (κ2) is 5.97. The van der Waals surface area contributed by atoms with Crippen molar-refractivity contribution in [3.05, 3.63) is 90.3 Å². The lowest BCUT2D eigenvalue weighted by molar-refractivity contribution is 0.178. The van der Waals surface area contributed by atoms with Crippen molar-refractivity contribution >= 4 is 32.6 Å². The third kappa shape index (κ3) is 2.37. The fourth-order valence-corrected chi connectivity index (χ4v) is 3.80. The molecule has 0 fully saturated rings. The summed E-state index contributed by atoms with van der Waals surface area (Å²) in [6.07, 6.45) is 1.84. The van der Waals surface area contributed by atoms with Gasteiger partial charge in [0, 0.05) is 17.2 Å². The molecule has 5 aromatic rings. The van der Waals surface area contributed by atoms with Crippen molar-refractivity contribution in [3.8, 4) is 0 Å². The summed E-state index contributed by atoms with van der Waals surface area (Å²) in [6, 6.07) is 24.6. The average molecular weight is 338 g/mol. The van der Waals surface area contributed by atoms with Crippen LogP contribution in [0.3, 0.4) is 0 Å².